The van der Waals surface area contributed by atoms with Crippen LogP contribution in [0.1, 0.15) is 85.0 Å². The number of rotatable bonds is 15. The lowest BCUT2D eigenvalue weighted by molar-refractivity contribution is -0.121. The molecule has 0 fully saturated rings. The standard InChI is InChI=1S/C19H34O3/c1-17(18(15-21)16-22)14-19(2,3)12-10-8-6-4-5-7-9-11-13-20/h13,15-18H,4-12,14H2,1-3H3. The lowest BCUT2D eigenvalue weighted by atomic mass is 9.76. The Morgan fingerprint density at radius 3 is 1.82 bits per heavy atom. The van der Waals surface area contributed by atoms with Gasteiger partial charge in [0.2, 0.25) is 0 Å². The number of carbonyl (C=O) groups is 3. The van der Waals surface area contributed by atoms with Crippen molar-refractivity contribution in [3.63, 3.8) is 0 Å². The summed E-state index contributed by atoms with van der Waals surface area (Å²) >= 11 is 0. The second-order valence-corrected chi connectivity index (χ2v) is 7.38. The van der Waals surface area contributed by atoms with Gasteiger partial charge in [-0.05, 0) is 30.6 Å². The van der Waals surface area contributed by atoms with E-state index >= 15 is 0 Å². The molecule has 0 aliphatic heterocycles. The van der Waals surface area contributed by atoms with Crippen molar-refractivity contribution < 1.29 is 14.4 Å². The molecule has 0 heterocycles. The first kappa shape index (κ1) is 21.0. The molecule has 0 bridgehead atoms. The van der Waals surface area contributed by atoms with Crippen LogP contribution in [0.15, 0.2) is 0 Å². The molecular weight excluding hydrogens is 276 g/mol. The summed E-state index contributed by atoms with van der Waals surface area (Å²) in [7, 11) is 0. The molecule has 0 rings (SSSR count). The molecule has 0 saturated carbocycles. The van der Waals surface area contributed by atoms with Gasteiger partial charge in [-0.1, -0.05) is 59.3 Å². The molecule has 3 nitrogen and oxygen atoms in total. The maximum Gasteiger partial charge on any atom is 0.130 e. The van der Waals surface area contributed by atoms with Gasteiger partial charge < -0.3 is 14.4 Å². The van der Waals surface area contributed by atoms with Crippen LogP contribution < -0.4 is 0 Å². The van der Waals surface area contributed by atoms with Crippen LogP contribution in [0, 0.1) is 17.3 Å². The predicted octanol–water partition coefficient (Wildman–Crippen LogP) is 4.76. The van der Waals surface area contributed by atoms with Gasteiger partial charge in [-0.15, -0.1) is 0 Å². The minimum atomic E-state index is -0.453. The summed E-state index contributed by atoms with van der Waals surface area (Å²) in [4.78, 5) is 31.9. The third-order valence-corrected chi connectivity index (χ3v) is 4.52. The normalized spacial score (nSPS) is 13.1. The Balaban J connectivity index is 3.73. The SMILES string of the molecule is CC(CC(C)(C)CCCCCCCCCC=O)C(C=O)C=O. The summed E-state index contributed by atoms with van der Waals surface area (Å²) < 4.78 is 0. The van der Waals surface area contributed by atoms with Crippen LogP contribution in [-0.2, 0) is 14.4 Å². The van der Waals surface area contributed by atoms with Crippen molar-refractivity contribution in [3.05, 3.63) is 0 Å². The summed E-state index contributed by atoms with van der Waals surface area (Å²) in [6.45, 7) is 6.46. The topological polar surface area (TPSA) is 51.2 Å². The zero-order valence-electron chi connectivity index (χ0n) is 14.7. The van der Waals surface area contributed by atoms with E-state index in [0.717, 1.165) is 38.1 Å². The third kappa shape index (κ3) is 10.7. The number of unbranched alkanes of at least 4 members (excludes halogenated alkanes) is 7. The molecule has 0 radical (unpaired) electrons. The average Bonchev–Trinajstić information content (AvgIpc) is 2.46. The molecule has 0 aliphatic carbocycles. The van der Waals surface area contributed by atoms with Gasteiger partial charge in [-0.3, -0.25) is 0 Å². The summed E-state index contributed by atoms with van der Waals surface area (Å²) in [5.41, 5.74) is 0.188. The van der Waals surface area contributed by atoms with Crippen LogP contribution in [0.25, 0.3) is 0 Å². The Labute approximate surface area is 136 Å². The van der Waals surface area contributed by atoms with Crippen molar-refractivity contribution in [2.45, 2.75) is 85.0 Å². The van der Waals surface area contributed by atoms with E-state index in [0.29, 0.717) is 6.42 Å². The maximum atomic E-state index is 10.8. The van der Waals surface area contributed by atoms with Gasteiger partial charge in [0, 0.05) is 6.42 Å². The van der Waals surface area contributed by atoms with E-state index in [-0.39, 0.29) is 11.3 Å². The molecule has 1 atom stereocenters. The highest BCUT2D eigenvalue weighted by atomic mass is 16.1. The Bertz CT molecular complexity index is 302. The molecule has 0 aromatic carbocycles. The Morgan fingerprint density at radius 1 is 0.818 bits per heavy atom. The third-order valence-electron chi connectivity index (χ3n) is 4.52. The number of aldehydes is 3. The van der Waals surface area contributed by atoms with Crippen LogP contribution >= 0.6 is 0 Å². The van der Waals surface area contributed by atoms with E-state index in [1.807, 2.05) is 6.92 Å². The van der Waals surface area contributed by atoms with Gasteiger partial charge in [-0.2, -0.15) is 0 Å². The van der Waals surface area contributed by atoms with E-state index in [4.69, 9.17) is 0 Å². The van der Waals surface area contributed by atoms with Crippen molar-refractivity contribution in [2.75, 3.05) is 0 Å². The van der Waals surface area contributed by atoms with Gasteiger partial charge in [0.25, 0.3) is 0 Å². The second-order valence-electron chi connectivity index (χ2n) is 7.38. The van der Waals surface area contributed by atoms with Gasteiger partial charge in [0.1, 0.15) is 18.9 Å². The average molecular weight is 310 g/mol. The first-order chi connectivity index (χ1) is 10.5. The molecular formula is C19H34O3. The quantitative estimate of drug-likeness (QED) is 0.249. The number of carbonyl (C=O) groups excluding carboxylic acids is 3. The lowest BCUT2D eigenvalue weighted by Crippen LogP contribution is -2.22. The fourth-order valence-corrected chi connectivity index (χ4v) is 3.13. The van der Waals surface area contributed by atoms with E-state index in [2.05, 4.69) is 13.8 Å². The predicted molar refractivity (Wildman–Crippen MR) is 90.8 cm³/mol. The molecule has 0 N–H and O–H groups in total. The maximum absolute atomic E-state index is 10.8. The van der Waals surface area contributed by atoms with Gasteiger partial charge in [0.05, 0.1) is 5.92 Å². The summed E-state index contributed by atoms with van der Waals surface area (Å²) in [6, 6.07) is 0. The Morgan fingerprint density at radius 2 is 1.32 bits per heavy atom. The number of hydrogen-bond donors (Lipinski definition) is 0. The summed E-state index contributed by atoms with van der Waals surface area (Å²) in [5, 5.41) is 0. The molecule has 0 spiro atoms. The van der Waals surface area contributed by atoms with Gasteiger partial charge in [0.15, 0.2) is 0 Å². The van der Waals surface area contributed by atoms with Crippen molar-refractivity contribution in [1.82, 2.24) is 0 Å². The fourth-order valence-electron chi connectivity index (χ4n) is 3.13. The molecule has 0 saturated heterocycles. The zero-order valence-corrected chi connectivity index (χ0v) is 14.7. The largest absolute Gasteiger partial charge is 0.303 e. The van der Waals surface area contributed by atoms with Crippen LogP contribution in [-0.4, -0.2) is 18.9 Å². The molecule has 0 aromatic heterocycles. The van der Waals surface area contributed by atoms with E-state index in [1.54, 1.807) is 0 Å². The van der Waals surface area contributed by atoms with Crippen molar-refractivity contribution in [1.29, 1.82) is 0 Å². The number of hydrogen-bond acceptors (Lipinski definition) is 3. The zero-order chi connectivity index (χ0) is 16.8. The smallest absolute Gasteiger partial charge is 0.130 e. The highest BCUT2D eigenvalue weighted by molar-refractivity contribution is 5.77. The summed E-state index contributed by atoms with van der Waals surface area (Å²) in [5.74, 6) is -0.325. The van der Waals surface area contributed by atoms with Crippen LogP contribution in [0.3, 0.4) is 0 Å². The first-order valence-corrected chi connectivity index (χ1v) is 8.81. The van der Waals surface area contributed by atoms with Crippen molar-refractivity contribution >= 4 is 18.9 Å². The molecule has 0 aliphatic rings. The van der Waals surface area contributed by atoms with E-state index < -0.39 is 5.92 Å². The molecule has 1 unspecified atom stereocenters. The molecule has 22 heavy (non-hydrogen) atoms. The van der Waals surface area contributed by atoms with Crippen molar-refractivity contribution in [3.8, 4) is 0 Å². The minimum Gasteiger partial charge on any atom is -0.303 e. The highest BCUT2D eigenvalue weighted by Crippen LogP contribution is 2.33. The fraction of sp³-hybridized carbons (Fsp3) is 0.842. The molecule has 128 valence electrons. The second kappa shape index (κ2) is 12.5. The van der Waals surface area contributed by atoms with Crippen LogP contribution in [0.2, 0.25) is 0 Å². The minimum absolute atomic E-state index is 0.128. The van der Waals surface area contributed by atoms with Crippen LogP contribution in [0.4, 0.5) is 0 Å². The van der Waals surface area contributed by atoms with Crippen molar-refractivity contribution in [2.24, 2.45) is 17.3 Å². The summed E-state index contributed by atoms with van der Waals surface area (Å²) in [6.07, 6.45) is 13.7. The Kier molecular flexibility index (Phi) is 12.0. The molecule has 0 amide bonds. The lowest BCUT2D eigenvalue weighted by Gasteiger charge is -2.29. The van der Waals surface area contributed by atoms with E-state index in [9.17, 15) is 14.4 Å². The highest BCUT2D eigenvalue weighted by Gasteiger charge is 2.25. The van der Waals surface area contributed by atoms with Gasteiger partial charge >= 0.3 is 0 Å². The van der Waals surface area contributed by atoms with Gasteiger partial charge in [-0.25, -0.2) is 0 Å². The van der Waals surface area contributed by atoms with Crippen LogP contribution in [0.5, 0.6) is 0 Å². The first-order valence-electron chi connectivity index (χ1n) is 8.81. The monoisotopic (exact) mass is 310 g/mol. The molecule has 0 aromatic rings. The Hall–Kier alpha value is -0.990. The molecule has 3 heteroatoms. The van der Waals surface area contributed by atoms with E-state index in [1.165, 1.54) is 38.5 Å².